The number of hydrogen-bond acceptors (Lipinski definition) is 3. The summed E-state index contributed by atoms with van der Waals surface area (Å²) in [6, 6.07) is 6.74. The van der Waals surface area contributed by atoms with Gasteiger partial charge in [0.2, 0.25) is 10.0 Å². The Morgan fingerprint density at radius 3 is 2.48 bits per heavy atom. The van der Waals surface area contributed by atoms with Crippen molar-refractivity contribution in [2.24, 2.45) is 10.7 Å². The summed E-state index contributed by atoms with van der Waals surface area (Å²) in [4.78, 5) is 4.47. The summed E-state index contributed by atoms with van der Waals surface area (Å²) < 4.78 is 26.7. The zero-order chi connectivity index (χ0) is 17.1. The largest absolute Gasteiger partial charge is 0.370 e. The molecule has 0 atom stereocenters. The molecule has 1 aromatic carbocycles. The van der Waals surface area contributed by atoms with Crippen LogP contribution in [0.1, 0.15) is 38.2 Å². The number of nitrogens with one attached hydrogen (secondary N) is 2. The first-order valence-electron chi connectivity index (χ1n) is 8.06. The average molecular weight is 340 g/mol. The highest BCUT2D eigenvalue weighted by molar-refractivity contribution is 7.89. The Labute approximate surface area is 139 Å². The monoisotopic (exact) mass is 340 g/mol. The zero-order valence-electron chi connectivity index (χ0n) is 14.0. The summed E-state index contributed by atoms with van der Waals surface area (Å²) in [6.45, 7) is 5.43. The van der Waals surface area contributed by atoms with Crippen LogP contribution in [-0.4, -0.2) is 34.0 Å². The van der Waals surface area contributed by atoms with Crippen molar-refractivity contribution in [3.63, 3.8) is 0 Å². The van der Waals surface area contributed by atoms with Gasteiger partial charge in [0.05, 0.1) is 4.90 Å². The predicted octanol–water partition coefficient (Wildman–Crippen LogP) is 1.76. The Morgan fingerprint density at radius 1 is 1.13 bits per heavy atom. The lowest BCUT2D eigenvalue weighted by Gasteiger charge is -2.08. The first-order valence-corrected chi connectivity index (χ1v) is 9.54. The molecule has 0 aliphatic heterocycles. The zero-order valence-corrected chi connectivity index (χ0v) is 14.8. The molecule has 0 radical (unpaired) electrons. The lowest BCUT2D eigenvalue weighted by atomic mass is 10.2. The van der Waals surface area contributed by atoms with Crippen molar-refractivity contribution in [3.8, 4) is 0 Å². The fourth-order valence-corrected chi connectivity index (χ4v) is 3.00. The molecule has 0 bridgehead atoms. The summed E-state index contributed by atoms with van der Waals surface area (Å²) in [5, 5.41) is 2.91. The molecule has 1 rings (SSSR count). The molecule has 0 aliphatic carbocycles. The van der Waals surface area contributed by atoms with Crippen LogP contribution in [0, 0.1) is 6.92 Å². The molecule has 23 heavy (non-hydrogen) atoms. The van der Waals surface area contributed by atoms with Crippen molar-refractivity contribution in [3.05, 3.63) is 29.8 Å². The Balaban J connectivity index is 2.28. The van der Waals surface area contributed by atoms with Crippen molar-refractivity contribution in [1.82, 2.24) is 10.0 Å². The van der Waals surface area contributed by atoms with Gasteiger partial charge in [-0.3, -0.25) is 4.99 Å². The summed E-state index contributed by atoms with van der Waals surface area (Å²) in [5.74, 6) is 0.357. The maximum absolute atomic E-state index is 12.1. The van der Waals surface area contributed by atoms with Crippen LogP contribution in [0.4, 0.5) is 0 Å². The van der Waals surface area contributed by atoms with Crippen molar-refractivity contribution in [2.45, 2.75) is 44.4 Å². The van der Waals surface area contributed by atoms with Crippen LogP contribution in [0.25, 0.3) is 0 Å². The molecule has 0 saturated heterocycles. The first-order chi connectivity index (χ1) is 11.0. The SMILES string of the molecule is CCCCCCN=C(N)NCCNS(=O)(=O)c1ccc(C)cc1. The average Bonchev–Trinajstić information content (AvgIpc) is 2.52. The lowest BCUT2D eigenvalue weighted by molar-refractivity contribution is 0.580. The third-order valence-electron chi connectivity index (χ3n) is 3.35. The molecule has 0 aliphatic rings. The Morgan fingerprint density at radius 2 is 1.83 bits per heavy atom. The van der Waals surface area contributed by atoms with E-state index in [0.717, 1.165) is 18.4 Å². The van der Waals surface area contributed by atoms with E-state index in [9.17, 15) is 8.42 Å². The second-order valence-corrected chi connectivity index (χ2v) is 7.23. The van der Waals surface area contributed by atoms with Crippen LogP contribution < -0.4 is 15.8 Å². The van der Waals surface area contributed by atoms with Crippen LogP contribution in [-0.2, 0) is 10.0 Å². The minimum absolute atomic E-state index is 0.252. The topological polar surface area (TPSA) is 96.6 Å². The number of unbranched alkanes of at least 4 members (excludes halogenated alkanes) is 3. The Hall–Kier alpha value is -1.60. The van der Waals surface area contributed by atoms with Gasteiger partial charge in [0.25, 0.3) is 0 Å². The quantitative estimate of drug-likeness (QED) is 0.343. The molecule has 4 N–H and O–H groups in total. The van der Waals surface area contributed by atoms with Crippen LogP contribution in [0.2, 0.25) is 0 Å². The van der Waals surface area contributed by atoms with E-state index >= 15 is 0 Å². The molecule has 130 valence electrons. The van der Waals surface area contributed by atoms with Crippen LogP contribution >= 0.6 is 0 Å². The van der Waals surface area contributed by atoms with Crippen LogP contribution in [0.3, 0.4) is 0 Å². The fourth-order valence-electron chi connectivity index (χ4n) is 1.97. The second-order valence-electron chi connectivity index (χ2n) is 5.47. The van der Waals surface area contributed by atoms with Gasteiger partial charge in [-0.1, -0.05) is 43.9 Å². The molecule has 6 nitrogen and oxygen atoms in total. The molecular formula is C16H28N4O2S. The van der Waals surface area contributed by atoms with Gasteiger partial charge in [0.1, 0.15) is 0 Å². The smallest absolute Gasteiger partial charge is 0.240 e. The number of guanidine groups is 1. The molecule has 0 saturated carbocycles. The van der Waals surface area contributed by atoms with E-state index in [2.05, 4.69) is 22.0 Å². The van der Waals surface area contributed by atoms with E-state index in [1.54, 1.807) is 24.3 Å². The minimum atomic E-state index is -3.47. The Bertz CT molecular complexity index is 583. The highest BCUT2D eigenvalue weighted by Gasteiger charge is 2.12. The van der Waals surface area contributed by atoms with Crippen molar-refractivity contribution >= 4 is 16.0 Å². The normalized spacial score (nSPS) is 12.3. The third kappa shape index (κ3) is 7.99. The van der Waals surface area contributed by atoms with Gasteiger partial charge in [0, 0.05) is 19.6 Å². The highest BCUT2D eigenvalue weighted by Crippen LogP contribution is 2.09. The molecule has 0 amide bonds. The third-order valence-corrected chi connectivity index (χ3v) is 4.83. The number of aliphatic imine (C=N–C) groups is 1. The maximum Gasteiger partial charge on any atom is 0.240 e. The summed E-state index contributed by atoms with van der Waals surface area (Å²) >= 11 is 0. The number of nitrogens with two attached hydrogens (primary N) is 1. The van der Waals surface area contributed by atoms with Gasteiger partial charge < -0.3 is 11.1 Å². The van der Waals surface area contributed by atoms with E-state index in [1.165, 1.54) is 12.8 Å². The molecular weight excluding hydrogens is 312 g/mol. The molecule has 0 aromatic heterocycles. The van der Waals surface area contributed by atoms with E-state index in [-0.39, 0.29) is 11.4 Å². The van der Waals surface area contributed by atoms with Crippen molar-refractivity contribution < 1.29 is 8.42 Å². The van der Waals surface area contributed by atoms with Gasteiger partial charge in [-0.2, -0.15) is 0 Å². The molecule has 0 fully saturated rings. The number of aryl methyl sites for hydroxylation is 1. The Kier molecular flexibility index (Phi) is 8.65. The van der Waals surface area contributed by atoms with Gasteiger partial charge >= 0.3 is 0 Å². The molecule has 0 unspecified atom stereocenters. The summed E-state index contributed by atoms with van der Waals surface area (Å²) in [5.41, 5.74) is 6.75. The van der Waals surface area contributed by atoms with Crippen LogP contribution in [0.15, 0.2) is 34.2 Å². The number of rotatable bonds is 10. The summed E-state index contributed by atoms with van der Waals surface area (Å²) in [6.07, 6.45) is 4.59. The van der Waals surface area contributed by atoms with Crippen LogP contribution in [0.5, 0.6) is 0 Å². The molecule has 0 heterocycles. The van der Waals surface area contributed by atoms with Gasteiger partial charge in [-0.05, 0) is 25.5 Å². The van der Waals surface area contributed by atoms with Crippen molar-refractivity contribution in [1.29, 1.82) is 0 Å². The number of sulfonamides is 1. The lowest BCUT2D eigenvalue weighted by Crippen LogP contribution is -2.38. The second kappa shape index (κ2) is 10.2. The number of hydrogen-bond donors (Lipinski definition) is 3. The van der Waals surface area contributed by atoms with Gasteiger partial charge in [-0.15, -0.1) is 0 Å². The van der Waals surface area contributed by atoms with E-state index in [0.29, 0.717) is 19.0 Å². The van der Waals surface area contributed by atoms with Gasteiger partial charge in [0.15, 0.2) is 5.96 Å². The molecule has 0 spiro atoms. The number of benzene rings is 1. The highest BCUT2D eigenvalue weighted by atomic mass is 32.2. The van der Waals surface area contributed by atoms with E-state index < -0.39 is 10.0 Å². The van der Waals surface area contributed by atoms with E-state index in [1.807, 2.05) is 6.92 Å². The first kappa shape index (κ1) is 19.4. The standard InChI is InChI=1S/C16H28N4O2S/c1-3-4-5-6-11-18-16(17)19-12-13-20-23(21,22)15-9-7-14(2)8-10-15/h7-10,20H,3-6,11-13H2,1-2H3,(H3,17,18,19). The fraction of sp³-hybridized carbons (Fsp3) is 0.562. The predicted molar refractivity (Wildman–Crippen MR) is 95.0 cm³/mol. The summed E-state index contributed by atoms with van der Waals surface area (Å²) in [7, 11) is -3.47. The molecule has 1 aromatic rings. The number of nitrogens with zero attached hydrogens (tertiary/aromatic N) is 1. The maximum atomic E-state index is 12.1. The molecule has 7 heteroatoms. The minimum Gasteiger partial charge on any atom is -0.370 e. The van der Waals surface area contributed by atoms with E-state index in [4.69, 9.17) is 5.73 Å². The van der Waals surface area contributed by atoms with Crippen molar-refractivity contribution in [2.75, 3.05) is 19.6 Å². The van der Waals surface area contributed by atoms with Gasteiger partial charge in [-0.25, -0.2) is 13.1 Å².